The van der Waals surface area contributed by atoms with Gasteiger partial charge < -0.3 is 20.8 Å². The largest absolute Gasteiger partial charge is 0.479 e. The zero-order chi connectivity index (χ0) is 14.6. The van der Waals surface area contributed by atoms with Gasteiger partial charge in [-0.05, 0) is 38.0 Å². The third-order valence-corrected chi connectivity index (χ3v) is 3.57. The molecule has 1 aliphatic carbocycles. The van der Waals surface area contributed by atoms with Crippen LogP contribution in [0, 0.1) is 11.8 Å². The minimum Gasteiger partial charge on any atom is -0.479 e. The first-order chi connectivity index (χ1) is 8.70. The zero-order valence-electron chi connectivity index (χ0n) is 11.8. The van der Waals surface area contributed by atoms with E-state index in [0.717, 1.165) is 19.8 Å². The van der Waals surface area contributed by atoms with E-state index >= 15 is 0 Å². The van der Waals surface area contributed by atoms with Crippen molar-refractivity contribution in [3.05, 3.63) is 0 Å². The molecule has 2 amide bonds. The molecule has 6 heteroatoms. The van der Waals surface area contributed by atoms with Crippen LogP contribution in [0.2, 0.25) is 0 Å². The molecule has 110 valence electrons. The fourth-order valence-corrected chi connectivity index (χ4v) is 2.63. The van der Waals surface area contributed by atoms with Crippen molar-refractivity contribution in [3.8, 4) is 0 Å². The van der Waals surface area contributed by atoms with Crippen LogP contribution in [0.1, 0.15) is 40.0 Å². The van der Waals surface area contributed by atoms with Gasteiger partial charge in [0.1, 0.15) is 0 Å². The van der Waals surface area contributed by atoms with Crippen LogP contribution < -0.4 is 10.6 Å². The Morgan fingerprint density at radius 2 is 1.74 bits per heavy atom. The van der Waals surface area contributed by atoms with Crippen LogP contribution in [0.25, 0.3) is 0 Å². The number of aliphatic hydroxyl groups is 1. The van der Waals surface area contributed by atoms with Gasteiger partial charge in [-0.15, -0.1) is 0 Å². The number of amides is 2. The highest BCUT2D eigenvalue weighted by Gasteiger charge is 2.31. The van der Waals surface area contributed by atoms with E-state index in [9.17, 15) is 14.7 Å². The number of rotatable bonds is 4. The summed E-state index contributed by atoms with van der Waals surface area (Å²) in [5.74, 6) is -0.194. The molecule has 6 nitrogen and oxygen atoms in total. The third kappa shape index (κ3) is 5.06. The molecule has 0 spiro atoms. The molecule has 3 atom stereocenters. The van der Waals surface area contributed by atoms with Crippen molar-refractivity contribution in [1.82, 2.24) is 10.6 Å². The van der Waals surface area contributed by atoms with Crippen molar-refractivity contribution in [2.75, 3.05) is 6.54 Å². The topological polar surface area (TPSA) is 98.7 Å². The van der Waals surface area contributed by atoms with Crippen molar-refractivity contribution >= 4 is 12.0 Å². The Labute approximate surface area is 113 Å². The maximum atomic E-state index is 11.7. The highest BCUT2D eigenvalue weighted by molar-refractivity contribution is 5.79. The molecule has 1 rings (SSSR count). The summed E-state index contributed by atoms with van der Waals surface area (Å²) in [6.45, 7) is 5.17. The van der Waals surface area contributed by atoms with Gasteiger partial charge in [-0.3, -0.25) is 0 Å². The minimum absolute atomic E-state index is 0.119. The fraction of sp³-hybridized carbons (Fsp3) is 0.846. The Morgan fingerprint density at radius 3 is 2.21 bits per heavy atom. The number of aliphatic carboxylic acids is 1. The van der Waals surface area contributed by atoms with E-state index in [4.69, 9.17) is 5.11 Å². The second-order valence-corrected chi connectivity index (χ2v) is 6.02. The van der Waals surface area contributed by atoms with E-state index in [-0.39, 0.29) is 12.6 Å². The molecule has 0 bridgehead atoms. The molecule has 3 unspecified atom stereocenters. The van der Waals surface area contributed by atoms with Gasteiger partial charge in [0.15, 0.2) is 5.60 Å². The summed E-state index contributed by atoms with van der Waals surface area (Å²) in [6, 6.07) is -0.304. The van der Waals surface area contributed by atoms with Crippen LogP contribution in [0.4, 0.5) is 4.79 Å². The summed E-state index contributed by atoms with van der Waals surface area (Å²) in [7, 11) is 0. The second kappa shape index (κ2) is 6.23. The molecule has 0 aromatic rings. The van der Waals surface area contributed by atoms with Crippen LogP contribution in [0.3, 0.4) is 0 Å². The van der Waals surface area contributed by atoms with E-state index in [1.54, 1.807) is 0 Å². The highest BCUT2D eigenvalue weighted by atomic mass is 16.4. The fourth-order valence-electron chi connectivity index (χ4n) is 2.63. The number of urea groups is 1. The molecular weight excluding hydrogens is 248 g/mol. The van der Waals surface area contributed by atoms with Crippen LogP contribution in [-0.2, 0) is 4.79 Å². The lowest BCUT2D eigenvalue weighted by Crippen LogP contribution is -2.51. The van der Waals surface area contributed by atoms with Gasteiger partial charge in [-0.1, -0.05) is 13.8 Å². The maximum Gasteiger partial charge on any atom is 0.337 e. The van der Waals surface area contributed by atoms with E-state index < -0.39 is 17.6 Å². The molecule has 0 aromatic carbocycles. The van der Waals surface area contributed by atoms with Gasteiger partial charge in [0, 0.05) is 6.04 Å². The molecule has 0 heterocycles. The summed E-state index contributed by atoms with van der Waals surface area (Å²) in [6.07, 6.45) is 3.05. The Kier molecular flexibility index (Phi) is 5.17. The first-order valence-corrected chi connectivity index (χ1v) is 6.71. The summed E-state index contributed by atoms with van der Waals surface area (Å²) in [4.78, 5) is 22.4. The van der Waals surface area contributed by atoms with Crippen molar-refractivity contribution in [2.45, 2.75) is 51.7 Å². The Balaban J connectivity index is 2.37. The average Bonchev–Trinajstić information content (AvgIpc) is 2.24. The van der Waals surface area contributed by atoms with E-state index in [0.29, 0.717) is 11.8 Å². The molecule has 0 aliphatic heterocycles. The Bertz CT molecular complexity index is 334. The lowest BCUT2D eigenvalue weighted by atomic mass is 9.80. The molecule has 0 saturated heterocycles. The Hall–Kier alpha value is -1.30. The van der Waals surface area contributed by atoms with Crippen LogP contribution in [-0.4, -0.2) is 40.4 Å². The van der Waals surface area contributed by atoms with Gasteiger partial charge >= 0.3 is 12.0 Å². The van der Waals surface area contributed by atoms with Gasteiger partial charge in [-0.25, -0.2) is 9.59 Å². The first-order valence-electron chi connectivity index (χ1n) is 6.71. The summed E-state index contributed by atoms with van der Waals surface area (Å²) in [5, 5.41) is 23.4. The molecule has 1 fully saturated rings. The standard InChI is InChI=1S/C13H24N2O4/c1-8-4-9(2)6-10(5-8)15-12(18)14-7-13(3,19)11(16)17/h8-10,19H,4-7H2,1-3H3,(H,16,17)(H2,14,15,18). The van der Waals surface area contributed by atoms with Gasteiger partial charge in [0.25, 0.3) is 0 Å². The number of hydrogen-bond acceptors (Lipinski definition) is 3. The summed E-state index contributed by atoms with van der Waals surface area (Å²) >= 11 is 0. The average molecular weight is 272 g/mol. The predicted molar refractivity (Wildman–Crippen MR) is 70.8 cm³/mol. The SMILES string of the molecule is CC1CC(C)CC(NC(=O)NCC(C)(O)C(=O)O)C1. The van der Waals surface area contributed by atoms with E-state index in [1.165, 1.54) is 6.42 Å². The van der Waals surface area contributed by atoms with Gasteiger partial charge in [0.05, 0.1) is 6.54 Å². The summed E-state index contributed by atoms with van der Waals surface area (Å²) < 4.78 is 0. The number of carboxylic acid groups (broad SMARTS) is 1. The third-order valence-electron chi connectivity index (χ3n) is 3.57. The first kappa shape index (κ1) is 15.8. The van der Waals surface area contributed by atoms with Crippen LogP contribution in [0.15, 0.2) is 0 Å². The number of carboxylic acids is 1. The number of carbonyl (C=O) groups excluding carboxylic acids is 1. The lowest BCUT2D eigenvalue weighted by Gasteiger charge is -2.32. The number of hydrogen-bond donors (Lipinski definition) is 4. The predicted octanol–water partition coefficient (Wildman–Crippen LogP) is 0.946. The quantitative estimate of drug-likeness (QED) is 0.612. The highest BCUT2D eigenvalue weighted by Crippen LogP contribution is 2.28. The molecule has 19 heavy (non-hydrogen) atoms. The van der Waals surface area contributed by atoms with Gasteiger partial charge in [-0.2, -0.15) is 0 Å². The van der Waals surface area contributed by atoms with Gasteiger partial charge in [0.2, 0.25) is 0 Å². The van der Waals surface area contributed by atoms with Crippen LogP contribution in [0.5, 0.6) is 0 Å². The number of nitrogens with one attached hydrogen (secondary N) is 2. The maximum absolute atomic E-state index is 11.7. The molecule has 0 aromatic heterocycles. The normalized spacial score (nSPS) is 30.2. The summed E-state index contributed by atoms with van der Waals surface area (Å²) in [5.41, 5.74) is -1.94. The van der Waals surface area contributed by atoms with Crippen LogP contribution >= 0.6 is 0 Å². The molecule has 1 aliphatic rings. The molecule has 4 N–H and O–H groups in total. The zero-order valence-corrected chi connectivity index (χ0v) is 11.8. The van der Waals surface area contributed by atoms with E-state index in [1.807, 2.05) is 0 Å². The van der Waals surface area contributed by atoms with Crippen molar-refractivity contribution in [1.29, 1.82) is 0 Å². The van der Waals surface area contributed by atoms with Crippen molar-refractivity contribution in [2.24, 2.45) is 11.8 Å². The molecule has 0 radical (unpaired) electrons. The minimum atomic E-state index is -1.94. The monoisotopic (exact) mass is 272 g/mol. The lowest BCUT2D eigenvalue weighted by molar-refractivity contribution is -0.155. The smallest absolute Gasteiger partial charge is 0.337 e. The number of carbonyl (C=O) groups is 2. The molecule has 1 saturated carbocycles. The second-order valence-electron chi connectivity index (χ2n) is 6.02. The molecular formula is C13H24N2O4. The van der Waals surface area contributed by atoms with Crippen molar-refractivity contribution in [3.63, 3.8) is 0 Å². The van der Waals surface area contributed by atoms with Crippen molar-refractivity contribution < 1.29 is 19.8 Å². The Morgan fingerprint density at radius 1 is 1.21 bits per heavy atom. The van der Waals surface area contributed by atoms with E-state index in [2.05, 4.69) is 24.5 Å².